The summed E-state index contributed by atoms with van der Waals surface area (Å²) in [5, 5.41) is 8.88. The van der Waals surface area contributed by atoms with Gasteiger partial charge >= 0.3 is 0 Å². The van der Waals surface area contributed by atoms with E-state index in [0.29, 0.717) is 0 Å². The number of aliphatic imine (C=N–C) groups is 1. The van der Waals surface area contributed by atoms with Crippen molar-refractivity contribution in [3.63, 3.8) is 0 Å². The quantitative estimate of drug-likeness (QED) is 0.346. The average Bonchev–Trinajstić information content (AvgIpc) is 3.14. The first-order chi connectivity index (χ1) is 11.8. The molecule has 2 N–H and O–H groups in total. The van der Waals surface area contributed by atoms with E-state index in [1.807, 2.05) is 7.05 Å². The molecule has 2 rings (SSSR count). The zero-order chi connectivity index (χ0) is 17.2. The lowest BCUT2D eigenvalue weighted by Gasteiger charge is -2.20. The van der Waals surface area contributed by atoms with Crippen molar-refractivity contribution in [2.24, 2.45) is 4.99 Å². The van der Waals surface area contributed by atoms with Gasteiger partial charge in [-0.2, -0.15) is 0 Å². The molecule has 0 aliphatic carbocycles. The fourth-order valence-corrected chi connectivity index (χ4v) is 3.20. The topological polar surface area (TPSA) is 39.7 Å². The molecule has 0 saturated carbocycles. The van der Waals surface area contributed by atoms with Crippen LogP contribution in [0.2, 0.25) is 0 Å². The number of hydrogen-bond acceptors (Lipinski definition) is 3. The van der Waals surface area contributed by atoms with Gasteiger partial charge in [0.2, 0.25) is 0 Å². The summed E-state index contributed by atoms with van der Waals surface area (Å²) in [4.78, 5) is 8.05. The predicted molar refractivity (Wildman–Crippen MR) is 120 cm³/mol. The summed E-state index contributed by atoms with van der Waals surface area (Å²) in [6.07, 6.45) is 0. The van der Waals surface area contributed by atoms with E-state index < -0.39 is 0 Å². The lowest BCUT2D eigenvalue weighted by Crippen LogP contribution is -2.36. The highest BCUT2D eigenvalue weighted by molar-refractivity contribution is 14.0. The third-order valence-corrected chi connectivity index (χ3v) is 4.96. The lowest BCUT2D eigenvalue weighted by molar-refractivity contribution is 0.295. The number of rotatable bonds is 8. The molecule has 0 amide bonds. The van der Waals surface area contributed by atoms with Crippen LogP contribution >= 0.6 is 35.3 Å². The van der Waals surface area contributed by atoms with Crippen molar-refractivity contribution < 1.29 is 0 Å². The number of halogens is 1. The average molecular weight is 472 g/mol. The van der Waals surface area contributed by atoms with E-state index >= 15 is 0 Å². The minimum atomic E-state index is 0. The fourth-order valence-electron chi connectivity index (χ4n) is 2.56. The van der Waals surface area contributed by atoms with Crippen LogP contribution in [0.4, 0.5) is 0 Å². The molecule has 1 heterocycles. The van der Waals surface area contributed by atoms with E-state index in [9.17, 15) is 0 Å². The number of nitrogens with zero attached hydrogens (tertiary/aromatic N) is 2. The molecule has 1 aromatic carbocycles. The molecule has 2 aromatic rings. The van der Waals surface area contributed by atoms with Crippen LogP contribution in [0.15, 0.2) is 46.8 Å². The Morgan fingerprint density at radius 3 is 2.28 bits per heavy atom. The summed E-state index contributed by atoms with van der Waals surface area (Å²) >= 11 is 1.75. The van der Waals surface area contributed by atoms with Crippen LogP contribution in [0.3, 0.4) is 0 Å². The molecule has 0 unspecified atom stereocenters. The number of hydrogen-bond donors (Lipinski definition) is 2. The standard InChI is InChI=1S/C19H28N4S.HI/c1-4-23(5-2)15-17-10-7-6-9-16(17)13-21-19(20-3)22-14-18-11-8-12-24-18;/h6-12H,4-5,13-15H2,1-3H3,(H2,20,21,22);1H. The maximum atomic E-state index is 4.31. The largest absolute Gasteiger partial charge is 0.352 e. The molecule has 0 atom stereocenters. The molecule has 138 valence electrons. The van der Waals surface area contributed by atoms with Crippen molar-refractivity contribution in [1.29, 1.82) is 0 Å². The summed E-state index contributed by atoms with van der Waals surface area (Å²) in [5.41, 5.74) is 2.70. The van der Waals surface area contributed by atoms with Crippen LogP contribution in [-0.2, 0) is 19.6 Å². The van der Waals surface area contributed by atoms with Gasteiger partial charge in [-0.05, 0) is 35.7 Å². The van der Waals surface area contributed by atoms with Crippen molar-refractivity contribution in [3.8, 4) is 0 Å². The maximum Gasteiger partial charge on any atom is 0.191 e. The molecule has 6 heteroatoms. The minimum Gasteiger partial charge on any atom is -0.352 e. The van der Waals surface area contributed by atoms with Gasteiger partial charge in [0.25, 0.3) is 0 Å². The Bertz CT molecular complexity index is 624. The molecule has 4 nitrogen and oxygen atoms in total. The van der Waals surface area contributed by atoms with Gasteiger partial charge in [0, 0.05) is 25.0 Å². The molecule has 0 aliphatic heterocycles. The van der Waals surface area contributed by atoms with Gasteiger partial charge in [-0.3, -0.25) is 9.89 Å². The summed E-state index contributed by atoms with van der Waals surface area (Å²) in [6.45, 7) is 9.14. The number of guanidine groups is 1. The highest BCUT2D eigenvalue weighted by Gasteiger charge is 2.07. The van der Waals surface area contributed by atoms with E-state index in [4.69, 9.17) is 0 Å². The van der Waals surface area contributed by atoms with Crippen LogP contribution in [-0.4, -0.2) is 31.0 Å². The Balaban J connectivity index is 0.00000312. The van der Waals surface area contributed by atoms with E-state index in [-0.39, 0.29) is 24.0 Å². The first-order valence-corrected chi connectivity index (χ1v) is 9.40. The Morgan fingerprint density at radius 1 is 1.00 bits per heavy atom. The molecule has 0 fully saturated rings. The van der Waals surface area contributed by atoms with Gasteiger partial charge in [0.1, 0.15) is 0 Å². The van der Waals surface area contributed by atoms with Crippen molar-refractivity contribution in [2.45, 2.75) is 33.5 Å². The van der Waals surface area contributed by atoms with Gasteiger partial charge in [0.05, 0.1) is 6.54 Å². The second kappa shape index (κ2) is 12.3. The fraction of sp³-hybridized carbons (Fsp3) is 0.421. The molecule has 0 saturated heterocycles. The van der Waals surface area contributed by atoms with Crippen LogP contribution in [0, 0.1) is 0 Å². The highest BCUT2D eigenvalue weighted by Crippen LogP contribution is 2.12. The van der Waals surface area contributed by atoms with Gasteiger partial charge in [-0.1, -0.05) is 44.2 Å². The Morgan fingerprint density at radius 2 is 1.68 bits per heavy atom. The van der Waals surface area contributed by atoms with Crippen LogP contribution in [0.1, 0.15) is 29.9 Å². The number of nitrogens with one attached hydrogen (secondary N) is 2. The van der Waals surface area contributed by atoms with Crippen molar-refractivity contribution in [2.75, 3.05) is 20.1 Å². The Hall–Kier alpha value is -1.12. The molecule has 25 heavy (non-hydrogen) atoms. The summed E-state index contributed by atoms with van der Waals surface area (Å²) in [5.74, 6) is 0.834. The third-order valence-electron chi connectivity index (χ3n) is 4.09. The van der Waals surface area contributed by atoms with Crippen molar-refractivity contribution in [1.82, 2.24) is 15.5 Å². The van der Waals surface area contributed by atoms with E-state index in [0.717, 1.165) is 38.7 Å². The second-order valence-corrected chi connectivity index (χ2v) is 6.62. The van der Waals surface area contributed by atoms with Crippen LogP contribution in [0.5, 0.6) is 0 Å². The van der Waals surface area contributed by atoms with Gasteiger partial charge in [-0.25, -0.2) is 0 Å². The summed E-state index contributed by atoms with van der Waals surface area (Å²) in [6, 6.07) is 12.8. The molecule has 0 spiro atoms. The minimum absolute atomic E-state index is 0. The van der Waals surface area contributed by atoms with Crippen LogP contribution in [0.25, 0.3) is 0 Å². The van der Waals surface area contributed by atoms with Crippen molar-refractivity contribution in [3.05, 3.63) is 57.8 Å². The highest BCUT2D eigenvalue weighted by atomic mass is 127. The monoisotopic (exact) mass is 472 g/mol. The molecular formula is C19H29IN4S. The van der Waals surface area contributed by atoms with Crippen LogP contribution < -0.4 is 10.6 Å². The van der Waals surface area contributed by atoms with Gasteiger partial charge < -0.3 is 10.6 Å². The van der Waals surface area contributed by atoms with E-state index in [1.165, 1.54) is 16.0 Å². The third kappa shape index (κ3) is 7.33. The smallest absolute Gasteiger partial charge is 0.191 e. The van der Waals surface area contributed by atoms with E-state index in [2.05, 4.69) is 76.2 Å². The summed E-state index contributed by atoms with van der Waals surface area (Å²) < 4.78 is 0. The zero-order valence-electron chi connectivity index (χ0n) is 15.3. The molecule has 0 radical (unpaired) electrons. The normalized spacial score (nSPS) is 11.3. The van der Waals surface area contributed by atoms with Crippen molar-refractivity contribution >= 4 is 41.3 Å². The van der Waals surface area contributed by atoms with E-state index in [1.54, 1.807) is 11.3 Å². The second-order valence-electron chi connectivity index (χ2n) is 5.59. The Kier molecular flexibility index (Phi) is 10.8. The Labute approximate surface area is 172 Å². The van der Waals surface area contributed by atoms with Gasteiger partial charge in [0.15, 0.2) is 5.96 Å². The zero-order valence-corrected chi connectivity index (χ0v) is 18.4. The molecule has 0 bridgehead atoms. The molecular weight excluding hydrogens is 443 g/mol. The number of benzene rings is 1. The first-order valence-electron chi connectivity index (χ1n) is 8.52. The molecule has 0 aliphatic rings. The molecule has 1 aromatic heterocycles. The first kappa shape index (κ1) is 21.9. The van der Waals surface area contributed by atoms with Gasteiger partial charge in [-0.15, -0.1) is 35.3 Å². The summed E-state index contributed by atoms with van der Waals surface area (Å²) in [7, 11) is 1.81. The predicted octanol–water partition coefficient (Wildman–Crippen LogP) is 4.07. The maximum absolute atomic E-state index is 4.31. The SMILES string of the molecule is CCN(CC)Cc1ccccc1CNC(=NC)NCc1cccs1.I. The number of thiophene rings is 1. The lowest BCUT2D eigenvalue weighted by atomic mass is 10.1.